The van der Waals surface area contributed by atoms with Crippen molar-refractivity contribution in [2.24, 2.45) is 5.73 Å². The molecule has 4 nitrogen and oxygen atoms in total. The number of benzene rings is 1. The van der Waals surface area contributed by atoms with Crippen LogP contribution in [0.1, 0.15) is 24.0 Å². The quantitative estimate of drug-likeness (QED) is 0.818. The first-order chi connectivity index (χ1) is 9.12. The van der Waals surface area contributed by atoms with Gasteiger partial charge in [-0.1, -0.05) is 24.0 Å². The van der Waals surface area contributed by atoms with E-state index >= 15 is 0 Å². The molecule has 0 bridgehead atoms. The van der Waals surface area contributed by atoms with Crippen LogP contribution in [0.4, 0.5) is 0 Å². The number of rotatable bonds is 2. The van der Waals surface area contributed by atoms with Crippen LogP contribution in [0.5, 0.6) is 0 Å². The fraction of sp³-hybridized carbons (Fsp3) is 0.429. The summed E-state index contributed by atoms with van der Waals surface area (Å²) < 4.78 is 25.4. The minimum absolute atomic E-state index is 0.264. The summed E-state index contributed by atoms with van der Waals surface area (Å²) in [6.45, 7) is 1.37. The topological polar surface area (TPSA) is 63.4 Å². The molecule has 1 saturated heterocycles. The Bertz CT molecular complexity index is 599. The summed E-state index contributed by atoms with van der Waals surface area (Å²) in [5.74, 6) is 6.02. The summed E-state index contributed by atoms with van der Waals surface area (Å²) in [5, 5.41) is 0. The molecule has 1 aromatic carbocycles. The molecule has 0 unspecified atom stereocenters. The Morgan fingerprint density at radius 3 is 2.89 bits per heavy atom. The van der Waals surface area contributed by atoms with Gasteiger partial charge in [0.1, 0.15) is 0 Å². The molecule has 1 heterocycles. The zero-order valence-corrected chi connectivity index (χ0v) is 11.6. The van der Waals surface area contributed by atoms with E-state index in [4.69, 9.17) is 5.73 Å². The lowest BCUT2D eigenvalue weighted by Crippen LogP contribution is -2.37. The SMILES string of the molecule is NCC#Cc1cccc(CN2CCCCS2(=O)=O)c1. The highest BCUT2D eigenvalue weighted by atomic mass is 32.2. The monoisotopic (exact) mass is 278 g/mol. The van der Waals surface area contributed by atoms with E-state index in [-0.39, 0.29) is 5.75 Å². The molecular formula is C14H18N2O2S. The molecule has 0 aliphatic carbocycles. The molecule has 2 N–H and O–H groups in total. The van der Waals surface area contributed by atoms with Crippen molar-refractivity contribution in [2.75, 3.05) is 18.8 Å². The molecule has 0 aromatic heterocycles. The van der Waals surface area contributed by atoms with Crippen LogP contribution in [0, 0.1) is 11.8 Å². The number of nitrogens with zero attached hydrogens (tertiary/aromatic N) is 1. The van der Waals surface area contributed by atoms with E-state index in [0.717, 1.165) is 24.0 Å². The van der Waals surface area contributed by atoms with Gasteiger partial charge in [-0.25, -0.2) is 8.42 Å². The molecule has 5 heteroatoms. The summed E-state index contributed by atoms with van der Waals surface area (Å²) in [7, 11) is -3.07. The summed E-state index contributed by atoms with van der Waals surface area (Å²) in [6, 6.07) is 7.65. The van der Waals surface area contributed by atoms with E-state index in [1.807, 2.05) is 24.3 Å². The smallest absolute Gasteiger partial charge is 0.214 e. The minimum atomic E-state index is -3.07. The van der Waals surface area contributed by atoms with E-state index in [0.29, 0.717) is 19.6 Å². The van der Waals surface area contributed by atoms with E-state index in [1.165, 1.54) is 0 Å². The lowest BCUT2D eigenvalue weighted by atomic mass is 10.1. The summed E-state index contributed by atoms with van der Waals surface area (Å²) in [5.41, 5.74) is 7.18. The molecule has 102 valence electrons. The fourth-order valence-electron chi connectivity index (χ4n) is 2.12. The lowest BCUT2D eigenvalue weighted by molar-refractivity contribution is 0.378. The maximum Gasteiger partial charge on any atom is 0.214 e. The van der Waals surface area contributed by atoms with Gasteiger partial charge >= 0.3 is 0 Å². The Labute approximate surface area is 114 Å². The molecule has 19 heavy (non-hydrogen) atoms. The number of hydrogen-bond donors (Lipinski definition) is 1. The molecule has 1 aliphatic rings. The molecule has 0 atom stereocenters. The molecule has 0 saturated carbocycles. The van der Waals surface area contributed by atoms with Crippen molar-refractivity contribution in [3.8, 4) is 11.8 Å². The van der Waals surface area contributed by atoms with Gasteiger partial charge in [-0.05, 0) is 30.5 Å². The third-order valence-electron chi connectivity index (χ3n) is 3.07. The van der Waals surface area contributed by atoms with Crippen molar-refractivity contribution in [1.29, 1.82) is 0 Å². The van der Waals surface area contributed by atoms with Crippen LogP contribution in [0.2, 0.25) is 0 Å². The van der Waals surface area contributed by atoms with Gasteiger partial charge in [-0.15, -0.1) is 0 Å². The Kier molecular flexibility index (Phi) is 4.59. The molecule has 0 amide bonds. The van der Waals surface area contributed by atoms with Crippen molar-refractivity contribution in [3.63, 3.8) is 0 Å². The predicted octanol–water partition coefficient (Wildman–Crippen LogP) is 0.922. The average Bonchev–Trinajstić information content (AvgIpc) is 2.39. The Hall–Kier alpha value is -1.35. The zero-order valence-electron chi connectivity index (χ0n) is 10.8. The molecule has 1 fully saturated rings. The van der Waals surface area contributed by atoms with Gasteiger partial charge in [0.05, 0.1) is 12.3 Å². The van der Waals surface area contributed by atoms with Crippen LogP contribution in [0.3, 0.4) is 0 Å². The first-order valence-corrected chi connectivity index (χ1v) is 7.98. The van der Waals surface area contributed by atoms with Gasteiger partial charge in [-0.2, -0.15) is 4.31 Å². The Morgan fingerprint density at radius 2 is 2.16 bits per heavy atom. The third kappa shape index (κ3) is 3.80. The van der Waals surface area contributed by atoms with Crippen LogP contribution < -0.4 is 5.73 Å². The maximum absolute atomic E-state index is 11.9. The number of hydrogen-bond acceptors (Lipinski definition) is 3. The van der Waals surface area contributed by atoms with Crippen LogP contribution in [0.15, 0.2) is 24.3 Å². The van der Waals surface area contributed by atoms with E-state index in [2.05, 4.69) is 11.8 Å². The molecule has 2 rings (SSSR count). The molecular weight excluding hydrogens is 260 g/mol. The average molecular weight is 278 g/mol. The van der Waals surface area contributed by atoms with Crippen LogP contribution in [-0.2, 0) is 16.6 Å². The molecule has 0 spiro atoms. The normalized spacial score (nSPS) is 18.6. The Morgan fingerprint density at radius 1 is 1.32 bits per heavy atom. The summed E-state index contributed by atoms with van der Waals surface area (Å²) >= 11 is 0. The standard InChI is InChI=1S/C14H18N2O2S/c15-8-4-7-13-5-3-6-14(11-13)12-16-9-1-2-10-19(16,17)18/h3,5-6,11H,1-2,8-10,12,15H2. The van der Waals surface area contributed by atoms with Crippen LogP contribution in [0.25, 0.3) is 0 Å². The van der Waals surface area contributed by atoms with Crippen molar-refractivity contribution in [3.05, 3.63) is 35.4 Å². The lowest BCUT2D eigenvalue weighted by Gasteiger charge is -2.26. The van der Waals surface area contributed by atoms with E-state index in [1.54, 1.807) is 4.31 Å². The predicted molar refractivity (Wildman–Crippen MR) is 75.8 cm³/mol. The summed E-state index contributed by atoms with van der Waals surface area (Å²) in [4.78, 5) is 0. The van der Waals surface area contributed by atoms with Gasteiger partial charge in [0.25, 0.3) is 0 Å². The summed E-state index contributed by atoms with van der Waals surface area (Å²) in [6.07, 6.45) is 1.70. The molecule has 1 aliphatic heterocycles. The van der Waals surface area contributed by atoms with Gasteiger partial charge in [0.2, 0.25) is 10.0 Å². The molecule has 0 radical (unpaired) electrons. The van der Waals surface area contributed by atoms with Crippen LogP contribution >= 0.6 is 0 Å². The highest BCUT2D eigenvalue weighted by Crippen LogP contribution is 2.17. The fourth-order valence-corrected chi connectivity index (χ4v) is 3.70. The van der Waals surface area contributed by atoms with Gasteiger partial charge in [0.15, 0.2) is 0 Å². The largest absolute Gasteiger partial charge is 0.320 e. The first kappa shape index (κ1) is 14.1. The molecule has 1 aromatic rings. The van der Waals surface area contributed by atoms with E-state index in [9.17, 15) is 8.42 Å². The highest BCUT2D eigenvalue weighted by molar-refractivity contribution is 7.89. The second-order valence-electron chi connectivity index (χ2n) is 4.56. The highest BCUT2D eigenvalue weighted by Gasteiger charge is 2.25. The van der Waals surface area contributed by atoms with Crippen molar-refractivity contribution >= 4 is 10.0 Å². The Balaban J connectivity index is 2.14. The van der Waals surface area contributed by atoms with Crippen molar-refractivity contribution in [2.45, 2.75) is 19.4 Å². The second kappa shape index (κ2) is 6.20. The zero-order chi connectivity index (χ0) is 13.7. The first-order valence-electron chi connectivity index (χ1n) is 6.37. The van der Waals surface area contributed by atoms with Gasteiger partial charge in [-0.3, -0.25) is 0 Å². The van der Waals surface area contributed by atoms with Crippen LogP contribution in [-0.4, -0.2) is 31.6 Å². The van der Waals surface area contributed by atoms with Gasteiger partial charge < -0.3 is 5.73 Å². The third-order valence-corrected chi connectivity index (χ3v) is 4.98. The van der Waals surface area contributed by atoms with E-state index < -0.39 is 10.0 Å². The maximum atomic E-state index is 11.9. The minimum Gasteiger partial charge on any atom is -0.320 e. The second-order valence-corrected chi connectivity index (χ2v) is 6.65. The van der Waals surface area contributed by atoms with Crippen molar-refractivity contribution in [1.82, 2.24) is 4.31 Å². The van der Waals surface area contributed by atoms with Gasteiger partial charge in [0, 0.05) is 18.7 Å². The number of sulfonamides is 1. The van der Waals surface area contributed by atoms with Crippen molar-refractivity contribution < 1.29 is 8.42 Å². The number of nitrogens with two attached hydrogens (primary N) is 1.